The van der Waals surface area contributed by atoms with Crippen LogP contribution in [0.25, 0.3) is 0 Å². The minimum absolute atomic E-state index is 0.0353. The Morgan fingerprint density at radius 3 is 2.35 bits per heavy atom. The van der Waals surface area contributed by atoms with Crippen molar-refractivity contribution >= 4 is 21.6 Å². The van der Waals surface area contributed by atoms with E-state index in [-0.39, 0.29) is 29.9 Å². The molecule has 0 radical (unpaired) electrons. The molecule has 34 heavy (non-hydrogen) atoms. The van der Waals surface area contributed by atoms with Gasteiger partial charge in [0.25, 0.3) is 0 Å². The highest BCUT2D eigenvalue weighted by atomic mass is 32.2. The van der Waals surface area contributed by atoms with E-state index < -0.39 is 22.2 Å². The van der Waals surface area contributed by atoms with Crippen molar-refractivity contribution in [3.05, 3.63) is 60.2 Å². The normalized spacial score (nSPS) is 23.6. The van der Waals surface area contributed by atoms with Crippen LogP contribution in [0.2, 0.25) is 0 Å². The molecule has 2 aliphatic heterocycles. The van der Waals surface area contributed by atoms with Crippen LogP contribution in [0.15, 0.2) is 59.5 Å². The van der Waals surface area contributed by atoms with Gasteiger partial charge >= 0.3 is 0 Å². The van der Waals surface area contributed by atoms with Crippen molar-refractivity contribution in [2.75, 3.05) is 37.7 Å². The molecule has 4 rings (SSSR count). The molecule has 2 fully saturated rings. The zero-order valence-corrected chi connectivity index (χ0v) is 20.3. The van der Waals surface area contributed by atoms with Crippen molar-refractivity contribution in [1.82, 2.24) is 9.62 Å². The number of aryl methyl sites for hydroxylation is 1. The highest BCUT2D eigenvalue weighted by Gasteiger charge is 2.35. The van der Waals surface area contributed by atoms with Crippen LogP contribution in [-0.2, 0) is 19.6 Å². The first-order chi connectivity index (χ1) is 16.4. The number of ether oxygens (including phenoxy) is 1. The van der Waals surface area contributed by atoms with E-state index in [0.29, 0.717) is 25.9 Å². The Balaban J connectivity index is 1.28. The van der Waals surface area contributed by atoms with Gasteiger partial charge in [-0.1, -0.05) is 35.9 Å². The second kappa shape index (κ2) is 10.9. The monoisotopic (exact) mass is 487 g/mol. The lowest BCUT2D eigenvalue weighted by atomic mass is 9.97. The van der Waals surface area contributed by atoms with Gasteiger partial charge in [0, 0.05) is 31.9 Å². The molecule has 0 saturated carbocycles. The van der Waals surface area contributed by atoms with E-state index in [2.05, 4.69) is 21.8 Å². The zero-order valence-electron chi connectivity index (χ0n) is 19.5. The number of rotatable bonds is 7. The van der Waals surface area contributed by atoms with E-state index in [1.165, 1.54) is 0 Å². The molecule has 8 nitrogen and oxygen atoms in total. The third kappa shape index (κ3) is 5.96. The van der Waals surface area contributed by atoms with Crippen LogP contribution in [0.5, 0.6) is 0 Å². The molecule has 2 aromatic carbocycles. The maximum absolute atomic E-state index is 12.9. The molecule has 2 N–H and O–H groups in total. The minimum atomic E-state index is -3.73. The number of hydrogen-bond acceptors (Lipinski definition) is 6. The fraction of sp³-hybridized carbons (Fsp3) is 0.480. The number of aliphatic hydroxyl groups excluding tert-OH is 1. The van der Waals surface area contributed by atoms with E-state index >= 15 is 0 Å². The Bertz CT molecular complexity index is 1050. The predicted molar refractivity (Wildman–Crippen MR) is 130 cm³/mol. The van der Waals surface area contributed by atoms with Crippen molar-refractivity contribution in [1.29, 1.82) is 0 Å². The van der Waals surface area contributed by atoms with Gasteiger partial charge in [0.05, 0.1) is 36.2 Å². The average Bonchev–Trinajstić information content (AvgIpc) is 2.85. The van der Waals surface area contributed by atoms with E-state index in [4.69, 9.17) is 4.74 Å². The summed E-state index contributed by atoms with van der Waals surface area (Å²) in [4.78, 5) is 17.2. The lowest BCUT2D eigenvalue weighted by Gasteiger charge is -2.38. The maximum atomic E-state index is 12.9. The number of amides is 1. The number of hydrogen-bond donors (Lipinski definition) is 2. The second-order valence-corrected chi connectivity index (χ2v) is 10.7. The lowest BCUT2D eigenvalue weighted by Crippen LogP contribution is -2.52. The van der Waals surface area contributed by atoms with Gasteiger partial charge < -0.3 is 19.6 Å². The smallest absolute Gasteiger partial charge is 0.240 e. The second-order valence-electron chi connectivity index (χ2n) is 9.00. The molecule has 2 aliphatic rings. The van der Waals surface area contributed by atoms with Crippen molar-refractivity contribution in [2.45, 2.75) is 49.3 Å². The number of anilines is 1. The minimum Gasteiger partial charge on any atom is -0.394 e. The molecule has 0 unspecified atom stereocenters. The Morgan fingerprint density at radius 2 is 1.71 bits per heavy atom. The topological polar surface area (TPSA) is 99.2 Å². The fourth-order valence-corrected chi connectivity index (χ4v) is 5.88. The Hall–Kier alpha value is -2.46. The van der Waals surface area contributed by atoms with Gasteiger partial charge in [-0.25, -0.2) is 13.1 Å². The molecular weight excluding hydrogens is 454 g/mol. The average molecular weight is 488 g/mol. The number of para-hydroxylation sites is 1. The Morgan fingerprint density at radius 1 is 1.03 bits per heavy atom. The number of benzene rings is 2. The molecule has 9 heteroatoms. The fourth-order valence-electron chi connectivity index (χ4n) is 4.58. The number of nitrogens with one attached hydrogen (secondary N) is 1. The molecular formula is C25H33N3O5S. The molecule has 0 aliphatic carbocycles. The first kappa shape index (κ1) is 24.7. The van der Waals surface area contributed by atoms with Gasteiger partial charge in [-0.3, -0.25) is 4.79 Å². The number of sulfonamides is 1. The molecule has 0 bridgehead atoms. The van der Waals surface area contributed by atoms with Crippen molar-refractivity contribution < 1.29 is 23.1 Å². The summed E-state index contributed by atoms with van der Waals surface area (Å²) in [5.74, 6) is 0.0353. The predicted octanol–water partition coefficient (Wildman–Crippen LogP) is 1.92. The quantitative estimate of drug-likeness (QED) is 0.619. The number of carbonyl (C=O) groups is 1. The standard InChI is InChI=1S/C25H33N3O5S/c1-19-7-10-22(11-8-19)34(31,32)26-23-12-9-21(33-24(23)18-29)17-25(30)28-15-13-27(14-16-28)20-5-3-2-4-6-20/h2-8,10-11,21,23-24,26,29H,9,12-18H2,1H3/t21-,23-,24+/m1/s1. The molecule has 0 aromatic heterocycles. The maximum Gasteiger partial charge on any atom is 0.240 e. The van der Waals surface area contributed by atoms with E-state index in [1.54, 1.807) is 24.3 Å². The van der Waals surface area contributed by atoms with Gasteiger partial charge in [-0.15, -0.1) is 0 Å². The van der Waals surface area contributed by atoms with Crippen LogP contribution in [0.4, 0.5) is 5.69 Å². The molecule has 184 valence electrons. The SMILES string of the molecule is Cc1ccc(S(=O)(=O)N[C@@H]2CC[C@H](CC(=O)N3CCN(c4ccccc4)CC3)O[C@H]2CO)cc1. The van der Waals surface area contributed by atoms with Crippen molar-refractivity contribution in [3.63, 3.8) is 0 Å². The van der Waals surface area contributed by atoms with Gasteiger partial charge in [0.15, 0.2) is 0 Å². The third-order valence-electron chi connectivity index (χ3n) is 6.59. The first-order valence-electron chi connectivity index (χ1n) is 11.8. The summed E-state index contributed by atoms with van der Waals surface area (Å²) in [7, 11) is -3.73. The van der Waals surface area contributed by atoms with Crippen molar-refractivity contribution in [3.8, 4) is 0 Å². The molecule has 2 heterocycles. The first-order valence-corrected chi connectivity index (χ1v) is 13.3. The Labute approximate surface area is 201 Å². The number of carbonyl (C=O) groups excluding carboxylic acids is 1. The molecule has 3 atom stereocenters. The van der Waals surface area contributed by atoms with E-state index in [1.807, 2.05) is 30.0 Å². The number of nitrogens with zero attached hydrogens (tertiary/aromatic N) is 2. The number of aliphatic hydroxyl groups is 1. The van der Waals surface area contributed by atoms with Gasteiger partial charge in [0.2, 0.25) is 15.9 Å². The summed E-state index contributed by atoms with van der Waals surface area (Å²) in [6.45, 7) is 4.45. The van der Waals surface area contributed by atoms with Crippen molar-refractivity contribution in [2.24, 2.45) is 0 Å². The van der Waals surface area contributed by atoms with Crippen LogP contribution in [0, 0.1) is 6.92 Å². The summed E-state index contributed by atoms with van der Waals surface area (Å²) < 4.78 is 34.2. The summed E-state index contributed by atoms with van der Waals surface area (Å²) >= 11 is 0. The summed E-state index contributed by atoms with van der Waals surface area (Å²) in [6.07, 6.45) is 0.251. The van der Waals surface area contributed by atoms with E-state index in [0.717, 1.165) is 24.3 Å². The Kier molecular flexibility index (Phi) is 7.88. The molecule has 0 spiro atoms. The van der Waals surface area contributed by atoms with Gasteiger partial charge in [0.1, 0.15) is 0 Å². The highest BCUT2D eigenvalue weighted by molar-refractivity contribution is 7.89. The number of piperazine rings is 1. The van der Waals surface area contributed by atoms with Crippen LogP contribution in [0.3, 0.4) is 0 Å². The van der Waals surface area contributed by atoms with Crippen LogP contribution < -0.4 is 9.62 Å². The van der Waals surface area contributed by atoms with Crippen LogP contribution in [-0.4, -0.2) is 75.4 Å². The van der Waals surface area contributed by atoms with Gasteiger partial charge in [-0.05, 0) is 44.0 Å². The highest BCUT2D eigenvalue weighted by Crippen LogP contribution is 2.25. The largest absolute Gasteiger partial charge is 0.394 e. The molecule has 1 amide bonds. The molecule has 2 saturated heterocycles. The van der Waals surface area contributed by atoms with Gasteiger partial charge in [-0.2, -0.15) is 0 Å². The summed E-state index contributed by atoms with van der Waals surface area (Å²) in [6, 6.07) is 16.2. The summed E-state index contributed by atoms with van der Waals surface area (Å²) in [5.41, 5.74) is 2.14. The van der Waals surface area contributed by atoms with Crippen LogP contribution in [0.1, 0.15) is 24.8 Å². The zero-order chi connectivity index (χ0) is 24.1. The lowest BCUT2D eigenvalue weighted by molar-refractivity contribution is -0.140. The van der Waals surface area contributed by atoms with E-state index in [9.17, 15) is 18.3 Å². The molecule has 2 aromatic rings. The van der Waals surface area contributed by atoms with Crippen LogP contribution >= 0.6 is 0 Å². The third-order valence-corrected chi connectivity index (χ3v) is 8.10. The summed E-state index contributed by atoms with van der Waals surface area (Å²) in [5, 5.41) is 9.84.